The third-order valence-electron chi connectivity index (χ3n) is 1.92. The van der Waals surface area contributed by atoms with Gasteiger partial charge in [0.15, 0.2) is 0 Å². The second-order valence-electron chi connectivity index (χ2n) is 2.84. The third kappa shape index (κ3) is 1.71. The molecule has 1 aromatic carbocycles. The topological polar surface area (TPSA) is 38.9 Å². The summed E-state index contributed by atoms with van der Waals surface area (Å²) >= 11 is 3.42. The van der Waals surface area contributed by atoms with E-state index < -0.39 is 0 Å². The summed E-state index contributed by atoms with van der Waals surface area (Å²) in [6, 6.07) is 10.0. The maximum absolute atomic E-state index is 5.50. The fraction of sp³-hybridized carbons (Fsp3) is 0.100. The molecule has 0 aliphatic rings. The first-order valence-electron chi connectivity index (χ1n) is 4.05. The highest BCUT2D eigenvalue weighted by atomic mass is 79.9. The number of nitrogens with two attached hydrogens (primary N) is 1. The molecule has 0 amide bonds. The molecule has 1 aromatic heterocycles. The molecule has 2 aromatic rings. The maximum Gasteiger partial charge on any atom is 0.0706 e. The number of halogens is 1. The number of aromatic nitrogens is 1. The fourth-order valence-electron chi connectivity index (χ4n) is 1.25. The van der Waals surface area contributed by atoms with Crippen LogP contribution < -0.4 is 5.73 Å². The maximum atomic E-state index is 5.50. The first-order chi connectivity index (χ1) is 6.29. The van der Waals surface area contributed by atoms with E-state index in [1.54, 1.807) is 0 Å². The molecule has 0 atom stereocenters. The van der Waals surface area contributed by atoms with Crippen molar-refractivity contribution in [2.24, 2.45) is 5.73 Å². The van der Waals surface area contributed by atoms with E-state index in [0.717, 1.165) is 21.1 Å². The van der Waals surface area contributed by atoms with Crippen molar-refractivity contribution < 1.29 is 0 Å². The number of hydrogen-bond donors (Lipinski definition) is 1. The highest BCUT2D eigenvalue weighted by Crippen LogP contribution is 2.18. The van der Waals surface area contributed by atoms with Crippen LogP contribution in [0.2, 0.25) is 0 Å². The summed E-state index contributed by atoms with van der Waals surface area (Å²) in [5.41, 5.74) is 7.42. The van der Waals surface area contributed by atoms with Crippen LogP contribution >= 0.6 is 15.9 Å². The van der Waals surface area contributed by atoms with Gasteiger partial charge in [-0.3, -0.25) is 4.98 Å². The minimum Gasteiger partial charge on any atom is -0.325 e. The van der Waals surface area contributed by atoms with Crippen LogP contribution in [-0.2, 0) is 6.54 Å². The van der Waals surface area contributed by atoms with Crippen LogP contribution in [0.5, 0.6) is 0 Å². The molecule has 0 radical (unpaired) electrons. The molecule has 0 saturated heterocycles. The van der Waals surface area contributed by atoms with Gasteiger partial charge in [-0.05, 0) is 24.3 Å². The van der Waals surface area contributed by atoms with Crippen molar-refractivity contribution >= 4 is 26.8 Å². The molecule has 0 spiro atoms. The quantitative estimate of drug-likeness (QED) is 0.827. The molecular weight excluding hydrogens is 228 g/mol. The van der Waals surface area contributed by atoms with Gasteiger partial charge in [0.1, 0.15) is 0 Å². The summed E-state index contributed by atoms with van der Waals surface area (Å²) in [4.78, 5) is 4.39. The van der Waals surface area contributed by atoms with Gasteiger partial charge in [0.05, 0.1) is 11.2 Å². The summed E-state index contributed by atoms with van der Waals surface area (Å²) in [6.45, 7) is 0.492. The van der Waals surface area contributed by atoms with Gasteiger partial charge in [-0.15, -0.1) is 0 Å². The molecule has 13 heavy (non-hydrogen) atoms. The van der Waals surface area contributed by atoms with Gasteiger partial charge in [0.25, 0.3) is 0 Å². The van der Waals surface area contributed by atoms with Crippen LogP contribution in [0.3, 0.4) is 0 Å². The summed E-state index contributed by atoms with van der Waals surface area (Å²) in [7, 11) is 0. The van der Waals surface area contributed by atoms with Gasteiger partial charge in [-0.2, -0.15) is 0 Å². The highest BCUT2D eigenvalue weighted by Gasteiger charge is 1.96. The lowest BCUT2D eigenvalue weighted by atomic mass is 10.2. The van der Waals surface area contributed by atoms with E-state index in [1.807, 2.05) is 30.3 Å². The molecule has 0 fully saturated rings. The number of pyridine rings is 1. The van der Waals surface area contributed by atoms with E-state index in [9.17, 15) is 0 Å². The zero-order valence-corrected chi connectivity index (χ0v) is 8.58. The van der Waals surface area contributed by atoms with Crippen molar-refractivity contribution in [3.63, 3.8) is 0 Å². The molecule has 3 heteroatoms. The third-order valence-corrected chi connectivity index (χ3v) is 2.41. The van der Waals surface area contributed by atoms with E-state index >= 15 is 0 Å². The molecular formula is C10H9BrN2. The van der Waals surface area contributed by atoms with Gasteiger partial charge < -0.3 is 5.73 Å². The van der Waals surface area contributed by atoms with Crippen LogP contribution in [0.15, 0.2) is 34.8 Å². The molecule has 0 saturated carbocycles. The SMILES string of the molecule is NCc1ccc2cc(Br)ccc2n1. The smallest absolute Gasteiger partial charge is 0.0706 e. The Labute approximate surface area is 84.9 Å². The fourth-order valence-corrected chi connectivity index (χ4v) is 1.63. The Morgan fingerprint density at radius 2 is 2.08 bits per heavy atom. The van der Waals surface area contributed by atoms with Crippen LogP contribution in [0.4, 0.5) is 0 Å². The molecule has 0 bridgehead atoms. The van der Waals surface area contributed by atoms with Gasteiger partial charge in [0, 0.05) is 16.4 Å². The standard InChI is InChI=1S/C10H9BrN2/c11-8-2-4-10-7(5-8)1-3-9(6-12)13-10/h1-5H,6,12H2. The number of rotatable bonds is 1. The van der Waals surface area contributed by atoms with Crippen LogP contribution in [0, 0.1) is 0 Å². The minimum atomic E-state index is 0.492. The second kappa shape index (κ2) is 3.44. The van der Waals surface area contributed by atoms with Gasteiger partial charge >= 0.3 is 0 Å². The zero-order chi connectivity index (χ0) is 9.26. The van der Waals surface area contributed by atoms with Gasteiger partial charge in [-0.25, -0.2) is 0 Å². The summed E-state index contributed by atoms with van der Waals surface area (Å²) in [5, 5.41) is 1.13. The number of hydrogen-bond acceptors (Lipinski definition) is 2. The van der Waals surface area contributed by atoms with E-state index in [4.69, 9.17) is 5.73 Å². The lowest BCUT2D eigenvalue weighted by Crippen LogP contribution is -1.98. The molecule has 66 valence electrons. The van der Waals surface area contributed by atoms with Crippen molar-refractivity contribution in [3.8, 4) is 0 Å². The summed E-state index contributed by atoms with van der Waals surface area (Å²) in [6.07, 6.45) is 0. The summed E-state index contributed by atoms with van der Waals surface area (Å²) < 4.78 is 1.07. The normalized spacial score (nSPS) is 10.6. The Morgan fingerprint density at radius 1 is 1.23 bits per heavy atom. The van der Waals surface area contributed by atoms with Crippen molar-refractivity contribution in [1.82, 2.24) is 4.98 Å². The van der Waals surface area contributed by atoms with Crippen LogP contribution in [0.25, 0.3) is 10.9 Å². The van der Waals surface area contributed by atoms with Crippen molar-refractivity contribution in [1.29, 1.82) is 0 Å². The molecule has 2 rings (SSSR count). The lowest BCUT2D eigenvalue weighted by molar-refractivity contribution is 1.01. The summed E-state index contributed by atoms with van der Waals surface area (Å²) in [5.74, 6) is 0. The molecule has 2 N–H and O–H groups in total. The van der Waals surface area contributed by atoms with E-state index in [-0.39, 0.29) is 0 Å². The van der Waals surface area contributed by atoms with Crippen molar-refractivity contribution in [2.75, 3.05) is 0 Å². The van der Waals surface area contributed by atoms with E-state index in [0.29, 0.717) is 6.54 Å². The van der Waals surface area contributed by atoms with Gasteiger partial charge in [0.2, 0.25) is 0 Å². The minimum absolute atomic E-state index is 0.492. The first kappa shape index (κ1) is 8.66. The molecule has 1 heterocycles. The highest BCUT2D eigenvalue weighted by molar-refractivity contribution is 9.10. The van der Waals surface area contributed by atoms with Crippen LogP contribution in [0.1, 0.15) is 5.69 Å². The van der Waals surface area contributed by atoms with Gasteiger partial charge in [-0.1, -0.05) is 22.0 Å². The van der Waals surface area contributed by atoms with Crippen LogP contribution in [-0.4, -0.2) is 4.98 Å². The molecule has 0 aliphatic heterocycles. The number of fused-ring (bicyclic) bond motifs is 1. The first-order valence-corrected chi connectivity index (χ1v) is 4.84. The number of nitrogens with zero attached hydrogens (tertiary/aromatic N) is 1. The Balaban J connectivity index is 2.66. The van der Waals surface area contributed by atoms with Crippen molar-refractivity contribution in [3.05, 3.63) is 40.5 Å². The van der Waals surface area contributed by atoms with E-state index in [1.165, 1.54) is 0 Å². The lowest BCUT2D eigenvalue weighted by Gasteiger charge is -2.00. The Bertz CT molecular complexity index is 440. The average molecular weight is 237 g/mol. The molecule has 0 aliphatic carbocycles. The monoisotopic (exact) mass is 236 g/mol. The van der Waals surface area contributed by atoms with E-state index in [2.05, 4.69) is 20.9 Å². The Hall–Kier alpha value is -0.930. The predicted molar refractivity (Wildman–Crippen MR) is 57.3 cm³/mol. The zero-order valence-electron chi connectivity index (χ0n) is 7.00. The Morgan fingerprint density at radius 3 is 2.85 bits per heavy atom. The molecule has 0 unspecified atom stereocenters. The largest absolute Gasteiger partial charge is 0.325 e. The number of benzene rings is 1. The van der Waals surface area contributed by atoms with Crippen molar-refractivity contribution in [2.45, 2.75) is 6.54 Å². The average Bonchev–Trinajstić information content (AvgIpc) is 2.17. The second-order valence-corrected chi connectivity index (χ2v) is 3.76. The predicted octanol–water partition coefficient (Wildman–Crippen LogP) is 2.46. The molecule has 2 nitrogen and oxygen atoms in total. The Kier molecular flexibility index (Phi) is 2.29.